The van der Waals surface area contributed by atoms with Crippen molar-refractivity contribution in [1.29, 1.82) is 0 Å². The monoisotopic (exact) mass is 400 g/mol. The van der Waals surface area contributed by atoms with Crippen molar-refractivity contribution in [1.82, 2.24) is 15.3 Å². The number of hydrogen-bond donors (Lipinski definition) is 1. The Balaban J connectivity index is 1.43. The van der Waals surface area contributed by atoms with E-state index >= 15 is 0 Å². The quantitative estimate of drug-likeness (QED) is 0.683. The summed E-state index contributed by atoms with van der Waals surface area (Å²) >= 11 is 0. The van der Waals surface area contributed by atoms with Crippen molar-refractivity contribution >= 4 is 11.7 Å². The molecule has 1 aliphatic heterocycles. The molecule has 1 aliphatic rings. The van der Waals surface area contributed by atoms with Crippen LogP contribution in [0.4, 0.5) is 5.82 Å². The van der Waals surface area contributed by atoms with Crippen molar-refractivity contribution in [3.63, 3.8) is 0 Å². The number of aromatic nitrogens is 2. The molecule has 0 spiro atoms. The van der Waals surface area contributed by atoms with Gasteiger partial charge >= 0.3 is 0 Å². The summed E-state index contributed by atoms with van der Waals surface area (Å²) < 4.78 is 0. The van der Waals surface area contributed by atoms with Gasteiger partial charge in [0, 0.05) is 24.8 Å². The standard InChI is InChI=1S/C25H28N4O/c1-18-10-12-20(13-11-18)19(2)27-25(30)22-9-6-16-29(17-22)23-14-15-26-24(28-23)21-7-4-3-5-8-21/h3-5,7-8,10-15,19,22H,6,9,16-17H2,1-2H3,(H,27,30)/t19-,22-/m1/s1. The molecule has 5 heteroatoms. The van der Waals surface area contributed by atoms with Crippen molar-refractivity contribution in [3.05, 3.63) is 78.0 Å². The zero-order chi connectivity index (χ0) is 20.9. The summed E-state index contributed by atoms with van der Waals surface area (Å²) in [6.45, 7) is 5.69. The summed E-state index contributed by atoms with van der Waals surface area (Å²) in [6.07, 6.45) is 3.68. The van der Waals surface area contributed by atoms with Gasteiger partial charge in [0.25, 0.3) is 0 Å². The van der Waals surface area contributed by atoms with Gasteiger partial charge < -0.3 is 10.2 Å². The number of piperidine rings is 1. The second-order valence-electron chi connectivity index (χ2n) is 8.03. The fraction of sp³-hybridized carbons (Fsp3) is 0.320. The molecule has 1 saturated heterocycles. The molecule has 0 unspecified atom stereocenters. The van der Waals surface area contributed by atoms with Crippen LogP contribution in [0.5, 0.6) is 0 Å². The largest absolute Gasteiger partial charge is 0.356 e. The predicted octanol–water partition coefficient (Wildman–Crippen LogP) is 4.55. The van der Waals surface area contributed by atoms with E-state index in [4.69, 9.17) is 4.98 Å². The predicted molar refractivity (Wildman–Crippen MR) is 120 cm³/mol. The first-order chi connectivity index (χ1) is 14.6. The van der Waals surface area contributed by atoms with Gasteiger partial charge in [-0.15, -0.1) is 0 Å². The molecule has 1 fully saturated rings. The maximum Gasteiger partial charge on any atom is 0.225 e. The van der Waals surface area contributed by atoms with Crippen LogP contribution in [-0.2, 0) is 4.79 Å². The minimum absolute atomic E-state index is 0.00258. The Morgan fingerprint density at radius 3 is 2.63 bits per heavy atom. The summed E-state index contributed by atoms with van der Waals surface area (Å²) in [6, 6.07) is 20.2. The molecule has 0 aliphatic carbocycles. The summed E-state index contributed by atoms with van der Waals surface area (Å²) in [5.74, 6) is 1.67. The van der Waals surface area contributed by atoms with E-state index in [1.165, 1.54) is 5.56 Å². The van der Waals surface area contributed by atoms with Crippen LogP contribution in [0.3, 0.4) is 0 Å². The van der Waals surface area contributed by atoms with E-state index in [-0.39, 0.29) is 17.9 Å². The average Bonchev–Trinajstić information content (AvgIpc) is 2.80. The van der Waals surface area contributed by atoms with Crippen LogP contribution in [0.2, 0.25) is 0 Å². The number of aryl methyl sites for hydroxylation is 1. The van der Waals surface area contributed by atoms with Gasteiger partial charge in [-0.3, -0.25) is 4.79 Å². The highest BCUT2D eigenvalue weighted by Crippen LogP contribution is 2.24. The van der Waals surface area contributed by atoms with E-state index < -0.39 is 0 Å². The molecule has 1 aromatic heterocycles. The maximum atomic E-state index is 12.9. The lowest BCUT2D eigenvalue weighted by Gasteiger charge is -2.33. The number of nitrogens with one attached hydrogen (secondary N) is 1. The Hall–Kier alpha value is -3.21. The van der Waals surface area contributed by atoms with E-state index in [1.807, 2.05) is 43.3 Å². The molecule has 2 atom stereocenters. The molecule has 1 amide bonds. The first-order valence-electron chi connectivity index (χ1n) is 10.6. The zero-order valence-electron chi connectivity index (χ0n) is 17.6. The Morgan fingerprint density at radius 1 is 1.10 bits per heavy atom. The number of carbonyl (C=O) groups excluding carboxylic acids is 1. The molecule has 30 heavy (non-hydrogen) atoms. The van der Waals surface area contributed by atoms with Gasteiger partial charge in [-0.05, 0) is 38.3 Å². The van der Waals surface area contributed by atoms with Gasteiger partial charge in [0.2, 0.25) is 5.91 Å². The van der Waals surface area contributed by atoms with Gasteiger partial charge in [0.1, 0.15) is 5.82 Å². The number of benzene rings is 2. The Labute approximate surface area is 178 Å². The van der Waals surface area contributed by atoms with E-state index in [9.17, 15) is 4.79 Å². The molecule has 2 aromatic carbocycles. The van der Waals surface area contributed by atoms with E-state index in [0.717, 1.165) is 36.3 Å². The molecule has 3 aromatic rings. The molecule has 2 heterocycles. The van der Waals surface area contributed by atoms with Crippen LogP contribution in [0.15, 0.2) is 66.9 Å². The highest BCUT2D eigenvalue weighted by Gasteiger charge is 2.27. The number of nitrogens with zero attached hydrogens (tertiary/aromatic N) is 3. The second kappa shape index (κ2) is 9.08. The lowest BCUT2D eigenvalue weighted by atomic mass is 9.96. The average molecular weight is 401 g/mol. The zero-order valence-corrected chi connectivity index (χ0v) is 17.6. The summed E-state index contributed by atoms with van der Waals surface area (Å²) in [4.78, 5) is 24.3. The Kier molecular flexibility index (Phi) is 6.07. The molecule has 154 valence electrons. The van der Waals surface area contributed by atoms with Gasteiger partial charge in [-0.25, -0.2) is 9.97 Å². The van der Waals surface area contributed by atoms with Crippen LogP contribution in [0.1, 0.15) is 36.9 Å². The molecule has 0 bridgehead atoms. The van der Waals surface area contributed by atoms with Crippen LogP contribution in [0, 0.1) is 12.8 Å². The third kappa shape index (κ3) is 4.67. The molecule has 5 nitrogen and oxygen atoms in total. The van der Waals surface area contributed by atoms with Crippen molar-refractivity contribution in [2.45, 2.75) is 32.7 Å². The molecule has 0 radical (unpaired) electrons. The van der Waals surface area contributed by atoms with E-state index in [0.29, 0.717) is 12.4 Å². The molecule has 0 saturated carbocycles. The molecule has 4 rings (SSSR count). The van der Waals surface area contributed by atoms with Crippen LogP contribution in [-0.4, -0.2) is 29.0 Å². The van der Waals surface area contributed by atoms with Crippen molar-refractivity contribution in [3.8, 4) is 11.4 Å². The molecular weight excluding hydrogens is 372 g/mol. The van der Waals surface area contributed by atoms with E-state index in [1.54, 1.807) is 6.20 Å². The SMILES string of the molecule is Cc1ccc([C@@H](C)NC(=O)[C@@H]2CCCN(c3ccnc(-c4ccccc4)n3)C2)cc1. The van der Waals surface area contributed by atoms with Crippen molar-refractivity contribution in [2.75, 3.05) is 18.0 Å². The van der Waals surface area contributed by atoms with E-state index in [2.05, 4.69) is 46.4 Å². The molecular formula is C25H28N4O. The first-order valence-corrected chi connectivity index (χ1v) is 10.6. The van der Waals surface area contributed by atoms with Crippen LogP contribution < -0.4 is 10.2 Å². The highest BCUT2D eigenvalue weighted by atomic mass is 16.2. The topological polar surface area (TPSA) is 58.1 Å². The number of anilines is 1. The lowest BCUT2D eigenvalue weighted by molar-refractivity contribution is -0.125. The van der Waals surface area contributed by atoms with Crippen LogP contribution >= 0.6 is 0 Å². The minimum atomic E-state index is -0.0400. The van der Waals surface area contributed by atoms with Gasteiger partial charge in [-0.2, -0.15) is 0 Å². The van der Waals surface area contributed by atoms with Crippen molar-refractivity contribution in [2.24, 2.45) is 5.92 Å². The number of rotatable bonds is 5. The van der Waals surface area contributed by atoms with Gasteiger partial charge in [0.05, 0.1) is 12.0 Å². The molecule has 1 N–H and O–H groups in total. The number of amides is 1. The highest BCUT2D eigenvalue weighted by molar-refractivity contribution is 5.80. The number of hydrogen-bond acceptors (Lipinski definition) is 4. The first kappa shape index (κ1) is 20.1. The Morgan fingerprint density at radius 2 is 1.87 bits per heavy atom. The summed E-state index contributed by atoms with van der Waals surface area (Å²) in [5, 5.41) is 3.20. The summed E-state index contributed by atoms with van der Waals surface area (Å²) in [5.41, 5.74) is 3.35. The third-order valence-corrected chi connectivity index (χ3v) is 5.73. The minimum Gasteiger partial charge on any atom is -0.356 e. The number of carbonyl (C=O) groups is 1. The Bertz CT molecular complexity index is 988. The second-order valence-corrected chi connectivity index (χ2v) is 8.03. The third-order valence-electron chi connectivity index (χ3n) is 5.73. The summed E-state index contributed by atoms with van der Waals surface area (Å²) in [7, 11) is 0. The normalized spacial score (nSPS) is 17.4. The van der Waals surface area contributed by atoms with Gasteiger partial charge in [-0.1, -0.05) is 60.2 Å². The van der Waals surface area contributed by atoms with Crippen molar-refractivity contribution < 1.29 is 4.79 Å². The fourth-order valence-corrected chi connectivity index (χ4v) is 3.92. The van der Waals surface area contributed by atoms with Gasteiger partial charge in [0.15, 0.2) is 5.82 Å². The van der Waals surface area contributed by atoms with Crippen LogP contribution in [0.25, 0.3) is 11.4 Å². The fourth-order valence-electron chi connectivity index (χ4n) is 3.92. The lowest BCUT2D eigenvalue weighted by Crippen LogP contribution is -2.44. The maximum absolute atomic E-state index is 12.9. The smallest absolute Gasteiger partial charge is 0.225 e.